The summed E-state index contributed by atoms with van der Waals surface area (Å²) in [6, 6.07) is 13.7. The Morgan fingerprint density at radius 3 is 2.65 bits per heavy atom. The van der Waals surface area contributed by atoms with Gasteiger partial charge in [-0.25, -0.2) is 0 Å². The zero-order valence-corrected chi connectivity index (χ0v) is 15.6. The third-order valence-corrected chi connectivity index (χ3v) is 5.65. The van der Waals surface area contributed by atoms with E-state index in [9.17, 15) is 14.7 Å². The molecule has 1 saturated heterocycles. The number of thiophene rings is 1. The number of carbonyl (C=O) groups is 2. The summed E-state index contributed by atoms with van der Waals surface area (Å²) < 4.78 is 0. The van der Waals surface area contributed by atoms with Gasteiger partial charge in [0.25, 0.3) is 0 Å². The lowest BCUT2D eigenvalue weighted by Crippen LogP contribution is -2.47. The molecule has 3 unspecified atom stereocenters. The molecule has 3 rings (SSSR count). The summed E-state index contributed by atoms with van der Waals surface area (Å²) in [5.41, 5.74) is 1.04. The van der Waals surface area contributed by atoms with Crippen LogP contribution >= 0.6 is 11.3 Å². The Hall–Kier alpha value is -2.18. The molecule has 0 spiro atoms. The van der Waals surface area contributed by atoms with Crippen LogP contribution in [0.3, 0.4) is 0 Å². The molecule has 1 fully saturated rings. The van der Waals surface area contributed by atoms with Gasteiger partial charge in [-0.05, 0) is 29.3 Å². The number of likely N-dealkylation sites (tertiary alicyclic amines) is 1. The number of carboxylic acid groups (broad SMARTS) is 1. The van der Waals surface area contributed by atoms with Crippen LogP contribution in [0.25, 0.3) is 0 Å². The smallest absolute Gasteiger partial charge is 0.307 e. The zero-order chi connectivity index (χ0) is 18.5. The van der Waals surface area contributed by atoms with Gasteiger partial charge in [0.2, 0.25) is 5.91 Å². The Kier molecular flexibility index (Phi) is 6.06. The van der Waals surface area contributed by atoms with E-state index in [1.807, 2.05) is 59.7 Å². The van der Waals surface area contributed by atoms with Gasteiger partial charge in [-0.15, -0.1) is 11.3 Å². The van der Waals surface area contributed by atoms with E-state index in [1.54, 1.807) is 11.3 Å². The van der Waals surface area contributed by atoms with Gasteiger partial charge in [-0.2, -0.15) is 0 Å². The molecule has 138 valence electrons. The maximum atomic E-state index is 12.7. The molecule has 2 N–H and O–H groups in total. The molecule has 0 radical (unpaired) electrons. The first-order chi connectivity index (χ1) is 12.5. The van der Waals surface area contributed by atoms with Crippen molar-refractivity contribution in [3.05, 3.63) is 58.3 Å². The summed E-state index contributed by atoms with van der Waals surface area (Å²) in [6.07, 6.45) is 0.676. The van der Waals surface area contributed by atoms with Crippen molar-refractivity contribution in [3.63, 3.8) is 0 Å². The van der Waals surface area contributed by atoms with Crippen LogP contribution in [0.1, 0.15) is 29.8 Å². The van der Waals surface area contributed by atoms with Crippen LogP contribution in [-0.2, 0) is 9.59 Å². The molecule has 26 heavy (non-hydrogen) atoms. The van der Waals surface area contributed by atoms with Crippen molar-refractivity contribution in [2.75, 3.05) is 19.6 Å². The van der Waals surface area contributed by atoms with Gasteiger partial charge in [0, 0.05) is 18.0 Å². The van der Waals surface area contributed by atoms with Gasteiger partial charge < -0.3 is 10.4 Å². The molecule has 2 aromatic rings. The number of hydrogen-bond donors (Lipinski definition) is 2. The van der Waals surface area contributed by atoms with Crippen molar-refractivity contribution in [1.82, 2.24) is 10.2 Å². The maximum Gasteiger partial charge on any atom is 0.307 e. The summed E-state index contributed by atoms with van der Waals surface area (Å²) in [5.74, 6) is -0.971. The van der Waals surface area contributed by atoms with Gasteiger partial charge in [0.05, 0.1) is 18.5 Å². The van der Waals surface area contributed by atoms with E-state index < -0.39 is 11.9 Å². The average molecular weight is 372 g/mol. The Morgan fingerprint density at radius 2 is 2.00 bits per heavy atom. The molecule has 5 nitrogen and oxygen atoms in total. The van der Waals surface area contributed by atoms with Crippen molar-refractivity contribution >= 4 is 23.2 Å². The van der Waals surface area contributed by atoms with Gasteiger partial charge in [0.15, 0.2) is 0 Å². The van der Waals surface area contributed by atoms with Crippen LogP contribution in [0.5, 0.6) is 0 Å². The normalized spacial score (nSPS) is 21.9. The van der Waals surface area contributed by atoms with E-state index in [-0.39, 0.29) is 24.4 Å². The van der Waals surface area contributed by atoms with E-state index in [0.29, 0.717) is 13.0 Å². The Bertz CT molecular complexity index is 733. The van der Waals surface area contributed by atoms with Crippen LogP contribution in [-0.4, -0.2) is 41.5 Å². The standard InChI is InChI=1S/C20H24N2O3S/c1-14-10-16(20(24)25)12-22(11-14)13-18(23)21-19(17-8-5-9-26-17)15-6-3-2-4-7-15/h2-9,14,16,19H,10-13H2,1H3,(H,21,23)(H,24,25). The molecule has 0 saturated carbocycles. The van der Waals surface area contributed by atoms with Gasteiger partial charge >= 0.3 is 5.97 Å². The molecule has 3 atom stereocenters. The molecular formula is C20H24N2O3S. The highest BCUT2D eigenvalue weighted by Gasteiger charge is 2.30. The fourth-order valence-corrected chi connectivity index (χ4v) is 4.40. The van der Waals surface area contributed by atoms with Gasteiger partial charge in [-0.1, -0.05) is 43.3 Å². The largest absolute Gasteiger partial charge is 0.481 e. The number of carbonyl (C=O) groups excluding carboxylic acids is 1. The van der Waals surface area contributed by atoms with Crippen molar-refractivity contribution in [2.45, 2.75) is 19.4 Å². The third-order valence-electron chi connectivity index (χ3n) is 4.72. The molecule has 6 heteroatoms. The molecule has 2 heterocycles. The van der Waals surface area contributed by atoms with Crippen molar-refractivity contribution in [1.29, 1.82) is 0 Å². The summed E-state index contributed by atoms with van der Waals surface area (Å²) in [5, 5.41) is 14.4. The van der Waals surface area contributed by atoms with Crippen molar-refractivity contribution in [2.24, 2.45) is 11.8 Å². The third kappa shape index (κ3) is 4.71. The van der Waals surface area contributed by atoms with E-state index in [2.05, 4.69) is 5.32 Å². The predicted octanol–water partition coefficient (Wildman–Crippen LogP) is 3.00. The van der Waals surface area contributed by atoms with Crippen molar-refractivity contribution < 1.29 is 14.7 Å². The first-order valence-corrected chi connectivity index (χ1v) is 9.73. The minimum Gasteiger partial charge on any atom is -0.481 e. The molecule has 0 aliphatic carbocycles. The highest BCUT2D eigenvalue weighted by Crippen LogP contribution is 2.26. The molecular weight excluding hydrogens is 348 g/mol. The summed E-state index contributed by atoms with van der Waals surface area (Å²) >= 11 is 1.61. The summed E-state index contributed by atoms with van der Waals surface area (Å²) in [4.78, 5) is 27.0. The average Bonchev–Trinajstić information content (AvgIpc) is 3.14. The topological polar surface area (TPSA) is 69.6 Å². The second kappa shape index (κ2) is 8.47. The lowest BCUT2D eigenvalue weighted by Gasteiger charge is -2.34. The monoisotopic (exact) mass is 372 g/mol. The van der Waals surface area contributed by atoms with Crippen LogP contribution in [0.15, 0.2) is 47.8 Å². The number of benzene rings is 1. The summed E-state index contributed by atoms with van der Waals surface area (Å²) in [6.45, 7) is 3.45. The second-order valence-corrected chi connectivity index (χ2v) is 7.98. The Balaban J connectivity index is 1.68. The molecule has 0 bridgehead atoms. The van der Waals surface area contributed by atoms with Crippen LogP contribution < -0.4 is 5.32 Å². The highest BCUT2D eigenvalue weighted by molar-refractivity contribution is 7.10. The predicted molar refractivity (Wildman–Crippen MR) is 102 cm³/mol. The van der Waals surface area contributed by atoms with E-state index >= 15 is 0 Å². The van der Waals surface area contributed by atoms with E-state index in [0.717, 1.165) is 17.0 Å². The number of aliphatic carboxylic acids is 1. The highest BCUT2D eigenvalue weighted by atomic mass is 32.1. The van der Waals surface area contributed by atoms with Crippen molar-refractivity contribution in [3.8, 4) is 0 Å². The first-order valence-electron chi connectivity index (χ1n) is 8.85. The van der Waals surface area contributed by atoms with E-state index in [4.69, 9.17) is 0 Å². The van der Waals surface area contributed by atoms with E-state index in [1.165, 1.54) is 0 Å². The lowest BCUT2D eigenvalue weighted by atomic mass is 9.90. The first kappa shape index (κ1) is 18.6. The van der Waals surface area contributed by atoms with Crippen LogP contribution in [0.2, 0.25) is 0 Å². The maximum absolute atomic E-state index is 12.7. The lowest BCUT2D eigenvalue weighted by molar-refractivity contribution is -0.145. The van der Waals surface area contributed by atoms with Gasteiger partial charge in [-0.3, -0.25) is 14.5 Å². The summed E-state index contributed by atoms with van der Waals surface area (Å²) in [7, 11) is 0. The molecule has 1 aromatic carbocycles. The Labute approximate surface area is 157 Å². The Morgan fingerprint density at radius 1 is 1.23 bits per heavy atom. The number of amides is 1. The number of carboxylic acids is 1. The number of rotatable bonds is 6. The quantitative estimate of drug-likeness (QED) is 0.818. The zero-order valence-electron chi connectivity index (χ0n) is 14.8. The molecule has 1 aliphatic heterocycles. The molecule has 1 aliphatic rings. The number of hydrogen-bond acceptors (Lipinski definition) is 4. The fourth-order valence-electron chi connectivity index (χ4n) is 3.60. The minimum absolute atomic E-state index is 0.0782. The second-order valence-electron chi connectivity index (χ2n) is 7.00. The minimum atomic E-state index is -0.775. The number of nitrogens with one attached hydrogen (secondary N) is 1. The SMILES string of the molecule is CC1CC(C(=O)O)CN(CC(=O)NC(c2ccccc2)c2cccs2)C1. The van der Waals surface area contributed by atoms with Crippen LogP contribution in [0, 0.1) is 11.8 Å². The van der Waals surface area contributed by atoms with Crippen LogP contribution in [0.4, 0.5) is 0 Å². The number of nitrogens with zero attached hydrogens (tertiary/aromatic N) is 1. The molecule has 1 aromatic heterocycles. The number of piperidine rings is 1. The fraction of sp³-hybridized carbons (Fsp3) is 0.400. The van der Waals surface area contributed by atoms with Gasteiger partial charge in [0.1, 0.15) is 0 Å². The molecule has 1 amide bonds.